The van der Waals surface area contributed by atoms with Crippen LogP contribution in [0, 0.1) is 22.0 Å². The van der Waals surface area contributed by atoms with Crippen molar-refractivity contribution in [2.75, 3.05) is 6.54 Å². The van der Waals surface area contributed by atoms with Gasteiger partial charge < -0.3 is 4.74 Å². The largest absolute Gasteiger partial charge is 0.454 e. The summed E-state index contributed by atoms with van der Waals surface area (Å²) in [5.41, 5.74) is -0.765. The van der Waals surface area contributed by atoms with Crippen LogP contribution in [0.4, 0.5) is 0 Å². The van der Waals surface area contributed by atoms with Crippen LogP contribution in [0.2, 0.25) is 0 Å². The van der Waals surface area contributed by atoms with Crippen LogP contribution in [0.5, 0.6) is 0 Å². The molecule has 0 aromatic rings. The number of nitrogens with zero attached hydrogens (tertiary/aromatic N) is 1. The highest BCUT2D eigenvalue weighted by Gasteiger charge is 2.38. The van der Waals surface area contributed by atoms with Crippen molar-refractivity contribution in [3.05, 3.63) is 10.1 Å². The van der Waals surface area contributed by atoms with Gasteiger partial charge in [0.15, 0.2) is 0 Å². The molecule has 1 atom stereocenters. The summed E-state index contributed by atoms with van der Waals surface area (Å²) in [4.78, 5) is 34.3. The van der Waals surface area contributed by atoms with Gasteiger partial charge in [0.1, 0.15) is 5.60 Å². The van der Waals surface area contributed by atoms with Crippen LogP contribution in [0.3, 0.4) is 0 Å². The molecule has 0 heterocycles. The van der Waals surface area contributed by atoms with Crippen LogP contribution in [0.25, 0.3) is 0 Å². The van der Waals surface area contributed by atoms with E-state index in [4.69, 9.17) is 4.74 Å². The SMILES string of the molecule is CC(C)(C)OC(=O)C(=O)[C@H](C[N+](=O)[O-])C1CCCCC1. The Labute approximate surface area is 119 Å². The zero-order chi connectivity index (χ0) is 15.3. The van der Waals surface area contributed by atoms with Crippen molar-refractivity contribution in [1.29, 1.82) is 0 Å². The lowest BCUT2D eigenvalue weighted by Crippen LogP contribution is -2.39. The number of esters is 1. The van der Waals surface area contributed by atoms with Crippen LogP contribution >= 0.6 is 0 Å². The standard InChI is InChI=1S/C14H23NO5/c1-14(2,3)20-13(17)12(16)11(9-15(18)19)10-7-5-4-6-8-10/h10-11H,4-9H2,1-3H3/t11-/m1/s1. The second kappa shape index (κ2) is 6.81. The zero-order valence-corrected chi connectivity index (χ0v) is 12.4. The van der Waals surface area contributed by atoms with Gasteiger partial charge in [-0.2, -0.15) is 0 Å². The minimum atomic E-state index is -0.949. The molecule has 114 valence electrons. The molecular formula is C14H23NO5. The lowest BCUT2D eigenvalue weighted by molar-refractivity contribution is -0.487. The molecule has 0 aromatic heterocycles. The summed E-state index contributed by atoms with van der Waals surface area (Å²) in [6, 6.07) is 0. The van der Waals surface area contributed by atoms with E-state index in [1.165, 1.54) is 0 Å². The predicted octanol–water partition coefficient (Wildman–Crippen LogP) is 2.37. The number of hydrogen-bond donors (Lipinski definition) is 0. The average Bonchev–Trinajstić information content (AvgIpc) is 2.34. The van der Waals surface area contributed by atoms with Crippen molar-refractivity contribution in [1.82, 2.24) is 0 Å². The summed E-state index contributed by atoms with van der Waals surface area (Å²) in [7, 11) is 0. The Balaban J connectivity index is 2.78. The van der Waals surface area contributed by atoms with Gasteiger partial charge in [-0.3, -0.25) is 14.9 Å². The van der Waals surface area contributed by atoms with Gasteiger partial charge in [0, 0.05) is 4.92 Å². The Morgan fingerprint density at radius 2 is 1.80 bits per heavy atom. The van der Waals surface area contributed by atoms with Gasteiger partial charge in [-0.25, -0.2) is 4.79 Å². The Hall–Kier alpha value is -1.46. The minimum absolute atomic E-state index is 0.0748. The van der Waals surface area contributed by atoms with Gasteiger partial charge in [0.05, 0.1) is 5.92 Å². The number of nitro groups is 1. The normalized spacial score (nSPS) is 18.4. The van der Waals surface area contributed by atoms with Gasteiger partial charge >= 0.3 is 5.97 Å². The van der Waals surface area contributed by atoms with E-state index < -0.39 is 34.7 Å². The van der Waals surface area contributed by atoms with E-state index in [0.29, 0.717) is 0 Å². The fourth-order valence-corrected chi connectivity index (χ4v) is 2.62. The smallest absolute Gasteiger partial charge is 0.375 e. The highest BCUT2D eigenvalue weighted by atomic mass is 16.6. The zero-order valence-electron chi connectivity index (χ0n) is 12.4. The van der Waals surface area contributed by atoms with E-state index >= 15 is 0 Å². The first-order valence-corrected chi connectivity index (χ1v) is 7.09. The average molecular weight is 285 g/mol. The molecule has 0 radical (unpaired) electrons. The monoisotopic (exact) mass is 285 g/mol. The van der Waals surface area contributed by atoms with E-state index in [2.05, 4.69) is 0 Å². The van der Waals surface area contributed by atoms with Gasteiger partial charge in [0.2, 0.25) is 12.3 Å². The van der Waals surface area contributed by atoms with Crippen LogP contribution < -0.4 is 0 Å². The summed E-state index contributed by atoms with van der Waals surface area (Å²) < 4.78 is 5.04. The first-order valence-electron chi connectivity index (χ1n) is 7.09. The molecule has 1 aliphatic carbocycles. The summed E-state index contributed by atoms with van der Waals surface area (Å²) in [6.45, 7) is 4.52. The third-order valence-electron chi connectivity index (χ3n) is 3.50. The van der Waals surface area contributed by atoms with E-state index in [0.717, 1.165) is 32.1 Å². The molecule has 1 aliphatic rings. The highest BCUT2D eigenvalue weighted by molar-refractivity contribution is 6.34. The van der Waals surface area contributed by atoms with Crippen LogP contribution in [-0.4, -0.2) is 28.8 Å². The molecule has 6 nitrogen and oxygen atoms in total. The Kier molecular flexibility index (Phi) is 5.65. The molecule has 0 aliphatic heterocycles. The maximum Gasteiger partial charge on any atom is 0.375 e. The number of carbonyl (C=O) groups excluding carboxylic acids is 2. The third kappa shape index (κ3) is 5.27. The number of ketones is 1. The van der Waals surface area contributed by atoms with Gasteiger partial charge in [-0.05, 0) is 39.5 Å². The summed E-state index contributed by atoms with van der Waals surface area (Å²) in [5.74, 6) is -2.62. The van der Waals surface area contributed by atoms with Gasteiger partial charge in [-0.1, -0.05) is 19.3 Å². The second-order valence-electron chi connectivity index (χ2n) is 6.39. The first kappa shape index (κ1) is 16.6. The van der Waals surface area contributed by atoms with Crippen molar-refractivity contribution in [2.24, 2.45) is 11.8 Å². The second-order valence-corrected chi connectivity index (χ2v) is 6.39. The van der Waals surface area contributed by atoms with Crippen molar-refractivity contribution < 1.29 is 19.2 Å². The maximum atomic E-state index is 12.2. The molecule has 0 saturated heterocycles. The van der Waals surface area contributed by atoms with Crippen molar-refractivity contribution in [2.45, 2.75) is 58.5 Å². The highest BCUT2D eigenvalue weighted by Crippen LogP contribution is 2.31. The topological polar surface area (TPSA) is 86.5 Å². The van der Waals surface area contributed by atoms with E-state index in [1.54, 1.807) is 20.8 Å². The van der Waals surface area contributed by atoms with E-state index in [9.17, 15) is 19.7 Å². The van der Waals surface area contributed by atoms with Crippen LogP contribution in [0.15, 0.2) is 0 Å². The molecule has 0 unspecified atom stereocenters. The van der Waals surface area contributed by atoms with Gasteiger partial charge in [-0.15, -0.1) is 0 Å². The first-order chi connectivity index (χ1) is 9.20. The lowest BCUT2D eigenvalue weighted by Gasteiger charge is -2.27. The predicted molar refractivity (Wildman–Crippen MR) is 72.8 cm³/mol. The Bertz CT molecular complexity index is 380. The number of rotatable bonds is 5. The van der Waals surface area contributed by atoms with Crippen molar-refractivity contribution in [3.63, 3.8) is 0 Å². The van der Waals surface area contributed by atoms with Gasteiger partial charge in [0.25, 0.3) is 0 Å². The van der Waals surface area contributed by atoms with E-state index in [-0.39, 0.29) is 5.92 Å². The minimum Gasteiger partial charge on any atom is -0.454 e. The summed E-state index contributed by atoms with van der Waals surface area (Å²) in [5, 5.41) is 10.8. The number of ether oxygens (including phenoxy) is 1. The molecule has 6 heteroatoms. The molecule has 1 rings (SSSR count). The molecule has 20 heavy (non-hydrogen) atoms. The Morgan fingerprint density at radius 3 is 2.25 bits per heavy atom. The van der Waals surface area contributed by atoms with Crippen molar-refractivity contribution >= 4 is 11.8 Å². The molecular weight excluding hydrogens is 262 g/mol. The third-order valence-corrected chi connectivity index (χ3v) is 3.50. The molecule has 1 fully saturated rings. The number of carbonyl (C=O) groups is 2. The molecule has 0 N–H and O–H groups in total. The van der Waals surface area contributed by atoms with Crippen LogP contribution in [0.1, 0.15) is 52.9 Å². The summed E-state index contributed by atoms with van der Waals surface area (Å²) >= 11 is 0. The molecule has 0 amide bonds. The van der Waals surface area contributed by atoms with Crippen molar-refractivity contribution in [3.8, 4) is 0 Å². The molecule has 0 aromatic carbocycles. The fraction of sp³-hybridized carbons (Fsp3) is 0.857. The summed E-state index contributed by atoms with van der Waals surface area (Å²) in [6.07, 6.45) is 4.55. The van der Waals surface area contributed by atoms with E-state index in [1.807, 2.05) is 0 Å². The van der Waals surface area contributed by atoms with Crippen LogP contribution in [-0.2, 0) is 14.3 Å². The number of hydrogen-bond acceptors (Lipinski definition) is 5. The molecule has 0 bridgehead atoms. The molecule has 1 saturated carbocycles. The fourth-order valence-electron chi connectivity index (χ4n) is 2.62. The lowest BCUT2D eigenvalue weighted by atomic mass is 9.78. The molecule has 0 spiro atoms. The number of Topliss-reactive ketones (excluding diaryl/α,β-unsaturated/α-hetero) is 1. The maximum absolute atomic E-state index is 12.2. The quantitative estimate of drug-likeness (QED) is 0.335. The Morgan fingerprint density at radius 1 is 1.25 bits per heavy atom.